The topological polar surface area (TPSA) is 45.2 Å². The van der Waals surface area contributed by atoms with Crippen LogP contribution in [0.25, 0.3) is 0 Å². The molecule has 0 unspecified atom stereocenters. The van der Waals surface area contributed by atoms with Gasteiger partial charge in [0, 0.05) is 17.5 Å². The summed E-state index contributed by atoms with van der Waals surface area (Å²) in [6.45, 7) is 5.04. The Bertz CT molecular complexity index is 602. The van der Waals surface area contributed by atoms with Crippen LogP contribution in [-0.2, 0) is 6.54 Å². The molecule has 2 aromatic rings. The Morgan fingerprint density at radius 3 is 2.52 bits per heavy atom. The van der Waals surface area contributed by atoms with Gasteiger partial charge in [-0.2, -0.15) is 0 Å². The number of nitrogens with one attached hydrogen (secondary N) is 1. The zero-order valence-corrected chi connectivity index (χ0v) is 13.7. The molecule has 0 spiro atoms. The summed E-state index contributed by atoms with van der Waals surface area (Å²) >= 11 is 1.45. The average Bonchev–Trinajstić information content (AvgIpc) is 2.85. The van der Waals surface area contributed by atoms with E-state index in [2.05, 4.69) is 24.1 Å². The largest absolute Gasteiger partial charge is 0.304 e. The average molecular weight is 303 g/mol. The summed E-state index contributed by atoms with van der Waals surface area (Å²) in [5.41, 5.74) is 2.85. The van der Waals surface area contributed by atoms with E-state index in [1.807, 2.05) is 48.6 Å². The maximum atomic E-state index is 12.2. The highest BCUT2D eigenvalue weighted by molar-refractivity contribution is 7.13. The van der Waals surface area contributed by atoms with Gasteiger partial charge in [0.1, 0.15) is 0 Å². The summed E-state index contributed by atoms with van der Waals surface area (Å²) in [6, 6.07) is 7.72. The van der Waals surface area contributed by atoms with Gasteiger partial charge in [-0.05, 0) is 37.7 Å². The van der Waals surface area contributed by atoms with Gasteiger partial charge in [0.15, 0.2) is 5.13 Å². The molecule has 0 aliphatic carbocycles. The second-order valence-corrected chi connectivity index (χ2v) is 6.47. The monoisotopic (exact) mass is 303 g/mol. The molecule has 5 heteroatoms. The normalized spacial score (nSPS) is 11.1. The van der Waals surface area contributed by atoms with Gasteiger partial charge in [-0.1, -0.05) is 26.0 Å². The fourth-order valence-corrected chi connectivity index (χ4v) is 2.65. The molecule has 0 aliphatic heterocycles. The summed E-state index contributed by atoms with van der Waals surface area (Å²) in [4.78, 5) is 18.6. The summed E-state index contributed by atoms with van der Waals surface area (Å²) in [7, 11) is 3.99. The zero-order valence-electron chi connectivity index (χ0n) is 12.9. The van der Waals surface area contributed by atoms with Crippen molar-refractivity contribution in [3.63, 3.8) is 0 Å². The van der Waals surface area contributed by atoms with E-state index in [4.69, 9.17) is 0 Å². The summed E-state index contributed by atoms with van der Waals surface area (Å²) in [5.74, 6) is 0.353. The number of benzene rings is 1. The van der Waals surface area contributed by atoms with E-state index in [9.17, 15) is 4.79 Å². The number of aromatic nitrogens is 1. The molecular formula is C16H21N3OS. The Balaban J connectivity index is 2.02. The quantitative estimate of drug-likeness (QED) is 0.918. The van der Waals surface area contributed by atoms with Gasteiger partial charge in [0.25, 0.3) is 5.91 Å². The minimum absolute atomic E-state index is 0.115. The van der Waals surface area contributed by atoms with E-state index in [1.54, 1.807) is 0 Å². The number of hydrogen-bond donors (Lipinski definition) is 1. The third-order valence-electron chi connectivity index (χ3n) is 3.09. The molecule has 2 rings (SSSR count). The predicted molar refractivity (Wildman–Crippen MR) is 88.0 cm³/mol. The molecule has 1 heterocycles. The lowest BCUT2D eigenvalue weighted by Crippen LogP contribution is -2.13. The molecule has 0 bridgehead atoms. The Morgan fingerprint density at radius 1 is 1.29 bits per heavy atom. The molecule has 0 saturated heterocycles. The number of anilines is 1. The molecule has 0 saturated carbocycles. The Labute approximate surface area is 129 Å². The van der Waals surface area contributed by atoms with Crippen LogP contribution < -0.4 is 5.32 Å². The van der Waals surface area contributed by atoms with Crippen molar-refractivity contribution in [2.75, 3.05) is 19.4 Å². The van der Waals surface area contributed by atoms with Crippen LogP contribution in [0.15, 0.2) is 29.6 Å². The highest BCUT2D eigenvalue weighted by atomic mass is 32.1. The van der Waals surface area contributed by atoms with E-state index >= 15 is 0 Å². The van der Waals surface area contributed by atoms with Crippen molar-refractivity contribution >= 4 is 22.4 Å². The lowest BCUT2D eigenvalue weighted by atomic mass is 10.0. The van der Waals surface area contributed by atoms with E-state index in [0.29, 0.717) is 16.6 Å². The van der Waals surface area contributed by atoms with Crippen LogP contribution in [0.4, 0.5) is 5.13 Å². The molecule has 1 aromatic heterocycles. The highest BCUT2D eigenvalue weighted by Crippen LogP contribution is 2.18. The Morgan fingerprint density at radius 2 is 1.95 bits per heavy atom. The van der Waals surface area contributed by atoms with Crippen molar-refractivity contribution in [2.45, 2.75) is 26.3 Å². The van der Waals surface area contributed by atoms with Gasteiger partial charge in [0.05, 0.1) is 5.69 Å². The lowest BCUT2D eigenvalue weighted by Gasteiger charge is -2.07. The molecule has 0 radical (unpaired) electrons. The van der Waals surface area contributed by atoms with Crippen LogP contribution in [-0.4, -0.2) is 29.9 Å². The molecule has 1 aromatic carbocycles. The SMILES string of the molecule is CC(C)c1ccc(C(=O)Nc2nc(CN(C)C)cs2)cc1. The van der Waals surface area contributed by atoms with Gasteiger partial charge in [0.2, 0.25) is 0 Å². The van der Waals surface area contributed by atoms with Crippen molar-refractivity contribution in [3.05, 3.63) is 46.5 Å². The fraction of sp³-hybridized carbons (Fsp3) is 0.375. The molecule has 4 nitrogen and oxygen atoms in total. The Hall–Kier alpha value is -1.72. The summed E-state index contributed by atoms with van der Waals surface area (Å²) in [5, 5.41) is 5.46. The molecule has 0 atom stereocenters. The van der Waals surface area contributed by atoms with Gasteiger partial charge < -0.3 is 4.90 Å². The first-order valence-electron chi connectivity index (χ1n) is 6.96. The van der Waals surface area contributed by atoms with Gasteiger partial charge in [-0.3, -0.25) is 10.1 Å². The van der Waals surface area contributed by atoms with Crippen LogP contribution in [0.1, 0.15) is 41.4 Å². The number of amides is 1. The molecule has 0 fully saturated rings. The molecule has 112 valence electrons. The molecule has 1 amide bonds. The minimum atomic E-state index is -0.115. The van der Waals surface area contributed by atoms with Gasteiger partial charge >= 0.3 is 0 Å². The van der Waals surface area contributed by atoms with Gasteiger partial charge in [-0.15, -0.1) is 11.3 Å². The Kier molecular flexibility index (Phi) is 5.09. The highest BCUT2D eigenvalue weighted by Gasteiger charge is 2.10. The van der Waals surface area contributed by atoms with Crippen molar-refractivity contribution in [2.24, 2.45) is 0 Å². The van der Waals surface area contributed by atoms with Crippen molar-refractivity contribution in [3.8, 4) is 0 Å². The molecule has 1 N–H and O–H groups in total. The number of hydrogen-bond acceptors (Lipinski definition) is 4. The fourth-order valence-electron chi connectivity index (χ4n) is 1.95. The maximum Gasteiger partial charge on any atom is 0.257 e. The van der Waals surface area contributed by atoms with E-state index in [0.717, 1.165) is 12.2 Å². The number of carbonyl (C=O) groups is 1. The van der Waals surface area contributed by atoms with Crippen LogP contribution in [0.2, 0.25) is 0 Å². The number of thiazole rings is 1. The van der Waals surface area contributed by atoms with E-state index in [-0.39, 0.29) is 5.91 Å². The summed E-state index contributed by atoms with van der Waals surface area (Å²) in [6.07, 6.45) is 0. The van der Waals surface area contributed by atoms with Crippen LogP contribution in [0, 0.1) is 0 Å². The third-order valence-corrected chi connectivity index (χ3v) is 3.90. The van der Waals surface area contributed by atoms with Crippen LogP contribution in [0.3, 0.4) is 0 Å². The first-order chi connectivity index (χ1) is 9.95. The second-order valence-electron chi connectivity index (χ2n) is 5.61. The van der Waals surface area contributed by atoms with Crippen molar-refractivity contribution in [1.29, 1.82) is 0 Å². The first-order valence-corrected chi connectivity index (χ1v) is 7.84. The smallest absolute Gasteiger partial charge is 0.257 e. The van der Waals surface area contributed by atoms with Crippen LogP contribution in [0.5, 0.6) is 0 Å². The van der Waals surface area contributed by atoms with E-state index < -0.39 is 0 Å². The third kappa shape index (κ3) is 4.37. The molecule has 21 heavy (non-hydrogen) atoms. The number of nitrogens with zero attached hydrogens (tertiary/aromatic N) is 2. The lowest BCUT2D eigenvalue weighted by molar-refractivity contribution is 0.102. The van der Waals surface area contributed by atoms with Gasteiger partial charge in [-0.25, -0.2) is 4.98 Å². The molecular weight excluding hydrogens is 282 g/mol. The van der Waals surface area contributed by atoms with E-state index in [1.165, 1.54) is 16.9 Å². The molecule has 0 aliphatic rings. The summed E-state index contributed by atoms with van der Waals surface area (Å²) < 4.78 is 0. The maximum absolute atomic E-state index is 12.2. The standard InChI is InChI=1S/C16H21N3OS/c1-11(2)12-5-7-13(8-6-12)15(20)18-16-17-14(10-21-16)9-19(3)4/h5-8,10-11H,9H2,1-4H3,(H,17,18,20). The minimum Gasteiger partial charge on any atom is -0.304 e. The zero-order chi connectivity index (χ0) is 15.4. The number of carbonyl (C=O) groups excluding carboxylic acids is 1. The number of rotatable bonds is 5. The van der Waals surface area contributed by atoms with Crippen LogP contribution >= 0.6 is 11.3 Å². The first kappa shape index (κ1) is 15.7. The van der Waals surface area contributed by atoms with Crippen molar-refractivity contribution in [1.82, 2.24) is 9.88 Å². The predicted octanol–water partition coefficient (Wildman–Crippen LogP) is 3.58. The second kappa shape index (κ2) is 6.83. The van der Waals surface area contributed by atoms with Crippen molar-refractivity contribution < 1.29 is 4.79 Å².